The standard InChI is InChI=1S/C20H18FN3O3S2/c1-20(2,3)27-18(25)7-14-12-9-28-10-13(12)19(26)24(23-14)8-17-22-15-6-11(21)4-5-16(15)29-17/h4-6,9-10H,7-8H2,1-3H3. The van der Waals surface area contributed by atoms with Gasteiger partial charge in [-0.2, -0.15) is 16.4 Å². The molecule has 29 heavy (non-hydrogen) atoms. The average Bonchev–Trinajstić information content (AvgIpc) is 3.23. The van der Waals surface area contributed by atoms with Gasteiger partial charge in [-0.25, -0.2) is 14.1 Å². The SMILES string of the molecule is CC(C)(C)OC(=O)Cc1nn(Cc2nc3cc(F)ccc3s2)c(=O)c2cscc12. The van der Waals surface area contributed by atoms with E-state index in [-0.39, 0.29) is 24.3 Å². The first-order valence-corrected chi connectivity index (χ1v) is 10.7. The molecular formula is C20H18FN3O3S2. The quantitative estimate of drug-likeness (QED) is 0.454. The Bertz CT molecular complexity index is 1280. The lowest BCUT2D eigenvalue weighted by molar-refractivity contribution is -0.153. The monoisotopic (exact) mass is 431 g/mol. The Morgan fingerprint density at radius 1 is 1.24 bits per heavy atom. The van der Waals surface area contributed by atoms with Crippen LogP contribution in [0.15, 0.2) is 33.8 Å². The van der Waals surface area contributed by atoms with Crippen LogP contribution >= 0.6 is 22.7 Å². The minimum absolute atomic E-state index is 0.0319. The topological polar surface area (TPSA) is 74.1 Å². The summed E-state index contributed by atoms with van der Waals surface area (Å²) in [5.41, 5.74) is 0.181. The Hall–Kier alpha value is -2.65. The number of fused-ring (bicyclic) bond motifs is 2. The minimum Gasteiger partial charge on any atom is -0.460 e. The molecule has 4 rings (SSSR count). The molecule has 0 aliphatic rings. The first kappa shape index (κ1) is 19.7. The predicted octanol–water partition coefficient (Wildman–Crippen LogP) is 4.14. The normalized spacial score (nSPS) is 12.0. The molecule has 0 fully saturated rings. The van der Waals surface area contributed by atoms with Gasteiger partial charge in [0.15, 0.2) is 0 Å². The van der Waals surface area contributed by atoms with Gasteiger partial charge in [-0.05, 0) is 32.9 Å². The molecule has 0 N–H and O–H groups in total. The fourth-order valence-electron chi connectivity index (χ4n) is 2.97. The summed E-state index contributed by atoms with van der Waals surface area (Å²) in [7, 11) is 0. The van der Waals surface area contributed by atoms with Crippen molar-refractivity contribution >= 4 is 49.6 Å². The van der Waals surface area contributed by atoms with E-state index < -0.39 is 11.6 Å². The zero-order valence-corrected chi connectivity index (χ0v) is 17.7. The van der Waals surface area contributed by atoms with Gasteiger partial charge >= 0.3 is 5.97 Å². The molecule has 0 aliphatic carbocycles. The summed E-state index contributed by atoms with van der Waals surface area (Å²) in [6.07, 6.45) is -0.0319. The van der Waals surface area contributed by atoms with Gasteiger partial charge in [0.2, 0.25) is 0 Å². The molecule has 1 aromatic carbocycles. The van der Waals surface area contributed by atoms with Crippen LogP contribution in [0.25, 0.3) is 21.0 Å². The van der Waals surface area contributed by atoms with E-state index >= 15 is 0 Å². The molecule has 3 heterocycles. The van der Waals surface area contributed by atoms with E-state index in [0.717, 1.165) is 4.70 Å². The van der Waals surface area contributed by atoms with Crippen LogP contribution in [0.2, 0.25) is 0 Å². The highest BCUT2D eigenvalue weighted by atomic mass is 32.1. The Morgan fingerprint density at radius 3 is 2.76 bits per heavy atom. The van der Waals surface area contributed by atoms with E-state index in [1.54, 1.807) is 32.2 Å². The van der Waals surface area contributed by atoms with E-state index in [1.165, 1.54) is 39.5 Å². The number of halogens is 1. The van der Waals surface area contributed by atoms with Crippen molar-refractivity contribution in [2.24, 2.45) is 0 Å². The van der Waals surface area contributed by atoms with Crippen LogP contribution in [0.5, 0.6) is 0 Å². The van der Waals surface area contributed by atoms with Crippen molar-refractivity contribution in [1.29, 1.82) is 0 Å². The zero-order chi connectivity index (χ0) is 20.8. The molecule has 0 atom stereocenters. The van der Waals surface area contributed by atoms with Gasteiger partial charge in [0.05, 0.1) is 34.3 Å². The van der Waals surface area contributed by atoms with Gasteiger partial charge in [0, 0.05) is 22.2 Å². The minimum atomic E-state index is -0.602. The lowest BCUT2D eigenvalue weighted by Gasteiger charge is -2.19. The molecular weight excluding hydrogens is 413 g/mol. The van der Waals surface area contributed by atoms with Crippen LogP contribution in [0, 0.1) is 5.82 Å². The van der Waals surface area contributed by atoms with Crippen molar-refractivity contribution in [2.45, 2.75) is 39.3 Å². The van der Waals surface area contributed by atoms with E-state index in [1.807, 2.05) is 5.38 Å². The summed E-state index contributed by atoms with van der Waals surface area (Å²) in [6, 6.07) is 4.41. The summed E-state index contributed by atoms with van der Waals surface area (Å²) >= 11 is 2.76. The molecule has 0 unspecified atom stereocenters. The maximum atomic E-state index is 13.4. The summed E-state index contributed by atoms with van der Waals surface area (Å²) < 4.78 is 21.0. The first-order chi connectivity index (χ1) is 13.7. The molecule has 0 aliphatic heterocycles. The molecule has 6 nitrogen and oxygen atoms in total. The Balaban J connectivity index is 1.71. The second kappa shape index (κ2) is 7.31. The first-order valence-electron chi connectivity index (χ1n) is 8.92. The van der Waals surface area contributed by atoms with Crippen LogP contribution in [0.1, 0.15) is 31.5 Å². The van der Waals surface area contributed by atoms with E-state index in [2.05, 4.69) is 10.1 Å². The lowest BCUT2D eigenvalue weighted by Crippen LogP contribution is -2.28. The molecule has 0 bridgehead atoms. The number of thiophene rings is 1. The van der Waals surface area contributed by atoms with E-state index in [9.17, 15) is 14.0 Å². The third-order valence-electron chi connectivity index (χ3n) is 4.09. The van der Waals surface area contributed by atoms with Gasteiger partial charge < -0.3 is 4.74 Å². The van der Waals surface area contributed by atoms with E-state index in [4.69, 9.17) is 4.74 Å². The predicted molar refractivity (Wildman–Crippen MR) is 112 cm³/mol. The number of aromatic nitrogens is 3. The second-order valence-electron chi connectivity index (χ2n) is 7.59. The molecule has 0 saturated carbocycles. The maximum Gasteiger partial charge on any atom is 0.312 e. The molecule has 0 saturated heterocycles. The number of nitrogens with zero attached hydrogens (tertiary/aromatic N) is 3. The molecule has 150 valence electrons. The summed E-state index contributed by atoms with van der Waals surface area (Å²) in [4.78, 5) is 29.5. The van der Waals surface area contributed by atoms with Crippen molar-refractivity contribution in [2.75, 3.05) is 0 Å². The summed E-state index contributed by atoms with van der Waals surface area (Å²) in [5.74, 6) is -0.762. The molecule has 0 spiro atoms. The van der Waals surface area contributed by atoms with Gasteiger partial charge in [-0.1, -0.05) is 0 Å². The van der Waals surface area contributed by atoms with Crippen LogP contribution in [0.4, 0.5) is 4.39 Å². The number of thiazole rings is 1. The van der Waals surface area contributed by atoms with Crippen LogP contribution < -0.4 is 5.56 Å². The highest BCUT2D eigenvalue weighted by molar-refractivity contribution is 7.18. The van der Waals surface area contributed by atoms with Crippen molar-refractivity contribution in [3.05, 3.63) is 55.8 Å². The third kappa shape index (κ3) is 4.20. The molecule has 3 aromatic heterocycles. The Morgan fingerprint density at radius 2 is 2.00 bits per heavy atom. The summed E-state index contributed by atoms with van der Waals surface area (Å²) in [6.45, 7) is 5.55. The van der Waals surface area contributed by atoms with Crippen molar-refractivity contribution in [3.8, 4) is 0 Å². The number of hydrogen-bond acceptors (Lipinski definition) is 7. The van der Waals surface area contributed by atoms with Gasteiger partial charge in [0.25, 0.3) is 5.56 Å². The highest BCUT2D eigenvalue weighted by Crippen LogP contribution is 2.24. The number of hydrogen-bond donors (Lipinski definition) is 0. The number of ether oxygens (including phenoxy) is 1. The third-order valence-corrected chi connectivity index (χ3v) is 5.85. The molecule has 0 radical (unpaired) electrons. The van der Waals surface area contributed by atoms with Crippen LogP contribution in [0.3, 0.4) is 0 Å². The van der Waals surface area contributed by atoms with Gasteiger partial charge in [0.1, 0.15) is 16.4 Å². The Labute approximate surface area is 173 Å². The summed E-state index contributed by atoms with van der Waals surface area (Å²) in [5, 5.41) is 9.80. The molecule has 9 heteroatoms. The number of benzene rings is 1. The number of carbonyl (C=O) groups is 1. The number of carbonyl (C=O) groups excluding carboxylic acids is 1. The van der Waals surface area contributed by atoms with Crippen LogP contribution in [-0.2, 0) is 22.5 Å². The smallest absolute Gasteiger partial charge is 0.312 e. The fraction of sp³-hybridized carbons (Fsp3) is 0.300. The lowest BCUT2D eigenvalue weighted by atomic mass is 10.1. The fourth-order valence-corrected chi connectivity index (χ4v) is 4.73. The number of esters is 1. The molecule has 0 amide bonds. The second-order valence-corrected chi connectivity index (χ2v) is 9.45. The number of rotatable bonds is 4. The average molecular weight is 432 g/mol. The van der Waals surface area contributed by atoms with Gasteiger partial charge in [-0.3, -0.25) is 9.59 Å². The van der Waals surface area contributed by atoms with E-state index in [0.29, 0.717) is 27.0 Å². The largest absolute Gasteiger partial charge is 0.460 e. The van der Waals surface area contributed by atoms with Crippen molar-refractivity contribution in [1.82, 2.24) is 14.8 Å². The molecule has 4 aromatic rings. The van der Waals surface area contributed by atoms with Crippen LogP contribution in [-0.4, -0.2) is 26.3 Å². The van der Waals surface area contributed by atoms with Gasteiger partial charge in [-0.15, -0.1) is 11.3 Å². The van der Waals surface area contributed by atoms with Crippen molar-refractivity contribution in [3.63, 3.8) is 0 Å². The maximum absolute atomic E-state index is 13.4. The zero-order valence-electron chi connectivity index (χ0n) is 16.1. The highest BCUT2D eigenvalue weighted by Gasteiger charge is 2.20. The Kier molecular flexibility index (Phi) is 4.95. The van der Waals surface area contributed by atoms with Crippen molar-refractivity contribution < 1.29 is 13.9 Å².